The van der Waals surface area contributed by atoms with Gasteiger partial charge in [-0.3, -0.25) is 14.5 Å². The standard InChI is InChI=1S/C28H26N8O/c29-25-24-23(22-15-18-5-1-2-6-19(18)31-22)34-26(36(24)14-13-30-25)16-9-11-17(12-10-16)27(37)35-28-32-20-7-3-4-8-21(20)33-28/h1-8,13-17,31H,9-12H2,(H2,29,30)(H2,32,33,35,37). The third-order valence-corrected chi connectivity index (χ3v) is 7.49. The number of hydrogen-bond donors (Lipinski definition) is 4. The topological polar surface area (TPSA) is 130 Å². The minimum atomic E-state index is -0.0596. The van der Waals surface area contributed by atoms with Crippen molar-refractivity contribution < 1.29 is 4.79 Å². The second-order valence-corrected chi connectivity index (χ2v) is 9.76. The lowest BCUT2D eigenvalue weighted by Gasteiger charge is -2.26. The SMILES string of the molecule is Nc1nccn2c(C3CCC(C(=O)Nc4nc5ccccc5[nH]4)CC3)nc(-c3cc4ccccc4[nH]3)c12. The van der Waals surface area contributed by atoms with Gasteiger partial charge in [0, 0.05) is 35.1 Å². The molecule has 6 aromatic rings. The van der Waals surface area contributed by atoms with E-state index in [-0.39, 0.29) is 17.7 Å². The van der Waals surface area contributed by atoms with Crippen LogP contribution in [0.1, 0.15) is 37.4 Å². The summed E-state index contributed by atoms with van der Waals surface area (Å²) in [5.41, 5.74) is 11.7. The number of fused-ring (bicyclic) bond motifs is 3. The number of hydrogen-bond acceptors (Lipinski definition) is 5. The number of anilines is 2. The van der Waals surface area contributed by atoms with Crippen molar-refractivity contribution in [1.29, 1.82) is 0 Å². The van der Waals surface area contributed by atoms with Crippen molar-refractivity contribution in [3.8, 4) is 11.4 Å². The summed E-state index contributed by atoms with van der Waals surface area (Å²) in [6.07, 6.45) is 6.95. The highest BCUT2D eigenvalue weighted by atomic mass is 16.2. The van der Waals surface area contributed by atoms with Crippen LogP contribution in [0.15, 0.2) is 67.0 Å². The number of nitrogens with two attached hydrogens (primary N) is 1. The van der Waals surface area contributed by atoms with Crippen LogP contribution in [0.5, 0.6) is 0 Å². The Morgan fingerprint density at radius 1 is 0.973 bits per heavy atom. The number of para-hydroxylation sites is 3. The number of aromatic amines is 2. The van der Waals surface area contributed by atoms with E-state index in [2.05, 4.69) is 47.9 Å². The highest BCUT2D eigenvalue weighted by Crippen LogP contribution is 2.39. The lowest BCUT2D eigenvalue weighted by atomic mass is 9.81. The molecule has 0 bridgehead atoms. The number of benzene rings is 2. The highest BCUT2D eigenvalue weighted by molar-refractivity contribution is 5.93. The maximum Gasteiger partial charge on any atom is 0.229 e. The summed E-state index contributed by atoms with van der Waals surface area (Å²) < 4.78 is 2.07. The largest absolute Gasteiger partial charge is 0.382 e. The number of amides is 1. The molecule has 0 unspecified atom stereocenters. The molecule has 9 nitrogen and oxygen atoms in total. The number of carbonyl (C=O) groups is 1. The molecular formula is C28H26N8O. The number of nitrogens with one attached hydrogen (secondary N) is 3. The molecule has 2 aromatic carbocycles. The molecule has 9 heteroatoms. The number of nitrogens with zero attached hydrogens (tertiary/aromatic N) is 4. The Bertz CT molecular complexity index is 1700. The third-order valence-electron chi connectivity index (χ3n) is 7.49. The maximum absolute atomic E-state index is 13.0. The summed E-state index contributed by atoms with van der Waals surface area (Å²) >= 11 is 0. The minimum absolute atomic E-state index is 0.0118. The quantitative estimate of drug-likeness (QED) is 0.268. The van der Waals surface area contributed by atoms with E-state index in [1.165, 1.54) is 0 Å². The zero-order valence-electron chi connectivity index (χ0n) is 20.1. The van der Waals surface area contributed by atoms with Crippen LogP contribution >= 0.6 is 0 Å². The van der Waals surface area contributed by atoms with Crippen LogP contribution < -0.4 is 11.1 Å². The predicted molar refractivity (Wildman–Crippen MR) is 144 cm³/mol. The molecule has 0 atom stereocenters. The molecule has 1 fully saturated rings. The number of rotatable bonds is 4. The highest BCUT2D eigenvalue weighted by Gasteiger charge is 2.31. The van der Waals surface area contributed by atoms with Crippen LogP contribution in [0.25, 0.3) is 38.8 Å². The smallest absolute Gasteiger partial charge is 0.229 e. The van der Waals surface area contributed by atoms with Gasteiger partial charge < -0.3 is 15.7 Å². The monoisotopic (exact) mass is 490 g/mol. The fourth-order valence-electron chi connectivity index (χ4n) is 5.61. The van der Waals surface area contributed by atoms with Crippen molar-refractivity contribution in [1.82, 2.24) is 29.3 Å². The van der Waals surface area contributed by atoms with Crippen LogP contribution in [0.3, 0.4) is 0 Å². The predicted octanol–water partition coefficient (Wildman–Crippen LogP) is 5.25. The molecule has 4 aromatic heterocycles. The molecular weight excluding hydrogens is 464 g/mol. The zero-order chi connectivity index (χ0) is 24.9. The normalized spacial score (nSPS) is 18.1. The second-order valence-electron chi connectivity index (χ2n) is 9.76. The number of H-pyrrole nitrogens is 2. The van der Waals surface area contributed by atoms with Crippen LogP contribution in [0.4, 0.5) is 11.8 Å². The molecule has 0 saturated heterocycles. The molecule has 4 heterocycles. The molecule has 0 spiro atoms. The molecule has 1 amide bonds. The van der Waals surface area contributed by atoms with E-state index in [0.717, 1.165) is 70.3 Å². The molecule has 7 rings (SSSR count). The molecule has 1 aliphatic carbocycles. The summed E-state index contributed by atoms with van der Waals surface area (Å²) in [4.78, 5) is 33.6. The molecule has 0 radical (unpaired) electrons. The lowest BCUT2D eigenvalue weighted by Crippen LogP contribution is -2.27. The van der Waals surface area contributed by atoms with Crippen molar-refractivity contribution in [3.63, 3.8) is 0 Å². The Hall–Kier alpha value is -4.66. The van der Waals surface area contributed by atoms with Crippen LogP contribution in [0.2, 0.25) is 0 Å². The zero-order valence-corrected chi connectivity index (χ0v) is 20.1. The van der Waals surface area contributed by atoms with Crippen molar-refractivity contribution in [2.75, 3.05) is 11.1 Å². The number of imidazole rings is 2. The van der Waals surface area contributed by atoms with E-state index in [1.54, 1.807) is 6.20 Å². The summed E-state index contributed by atoms with van der Waals surface area (Å²) in [5, 5.41) is 4.10. The van der Waals surface area contributed by atoms with Gasteiger partial charge >= 0.3 is 0 Å². The van der Waals surface area contributed by atoms with Crippen molar-refractivity contribution >= 4 is 45.1 Å². The fraction of sp³-hybridized carbons (Fsp3) is 0.214. The first-order chi connectivity index (χ1) is 18.1. The fourth-order valence-corrected chi connectivity index (χ4v) is 5.61. The van der Waals surface area contributed by atoms with Gasteiger partial charge in [0.15, 0.2) is 0 Å². The molecule has 37 heavy (non-hydrogen) atoms. The molecule has 1 aliphatic rings. The van der Waals surface area contributed by atoms with Crippen molar-refractivity contribution in [2.45, 2.75) is 31.6 Å². The Labute approximate surface area is 212 Å². The molecule has 184 valence electrons. The van der Waals surface area contributed by atoms with E-state index in [9.17, 15) is 4.79 Å². The first kappa shape index (κ1) is 21.6. The average Bonchev–Trinajstić information content (AvgIpc) is 3.63. The van der Waals surface area contributed by atoms with Gasteiger partial charge in [-0.05, 0) is 49.9 Å². The average molecular weight is 491 g/mol. The number of carbonyl (C=O) groups excluding carboxylic acids is 1. The van der Waals surface area contributed by atoms with Crippen molar-refractivity contribution in [3.05, 3.63) is 72.8 Å². The van der Waals surface area contributed by atoms with Gasteiger partial charge in [-0.25, -0.2) is 15.0 Å². The van der Waals surface area contributed by atoms with Gasteiger partial charge in [-0.1, -0.05) is 30.3 Å². The van der Waals surface area contributed by atoms with E-state index < -0.39 is 0 Å². The van der Waals surface area contributed by atoms with Crippen LogP contribution in [-0.4, -0.2) is 35.2 Å². The first-order valence-electron chi connectivity index (χ1n) is 12.6. The summed E-state index contributed by atoms with van der Waals surface area (Å²) in [6.45, 7) is 0. The van der Waals surface area contributed by atoms with Crippen molar-refractivity contribution in [2.24, 2.45) is 5.92 Å². The number of aromatic nitrogens is 6. The second kappa shape index (κ2) is 8.48. The summed E-state index contributed by atoms with van der Waals surface area (Å²) in [7, 11) is 0. The number of nitrogen functional groups attached to an aromatic ring is 1. The van der Waals surface area contributed by atoms with Crippen LogP contribution in [0, 0.1) is 5.92 Å². The molecule has 5 N–H and O–H groups in total. The lowest BCUT2D eigenvalue weighted by molar-refractivity contribution is -0.120. The Morgan fingerprint density at radius 3 is 2.57 bits per heavy atom. The van der Waals surface area contributed by atoms with Crippen LogP contribution in [-0.2, 0) is 4.79 Å². The minimum Gasteiger partial charge on any atom is -0.382 e. The van der Waals surface area contributed by atoms with Gasteiger partial charge in [-0.15, -0.1) is 0 Å². The van der Waals surface area contributed by atoms with Gasteiger partial charge in [0.05, 0.1) is 16.7 Å². The van der Waals surface area contributed by atoms with E-state index in [4.69, 9.17) is 10.7 Å². The third kappa shape index (κ3) is 3.70. The maximum atomic E-state index is 13.0. The molecule has 1 saturated carbocycles. The van der Waals surface area contributed by atoms with Gasteiger partial charge in [0.25, 0.3) is 0 Å². The van der Waals surface area contributed by atoms with Gasteiger partial charge in [0.1, 0.15) is 22.9 Å². The van der Waals surface area contributed by atoms with E-state index in [1.807, 2.05) is 42.6 Å². The Morgan fingerprint density at radius 2 is 1.76 bits per heavy atom. The Balaban J connectivity index is 1.13. The Kier molecular flexibility index (Phi) is 4.95. The van der Waals surface area contributed by atoms with E-state index in [0.29, 0.717) is 11.8 Å². The first-order valence-corrected chi connectivity index (χ1v) is 12.6. The van der Waals surface area contributed by atoms with Gasteiger partial charge in [-0.2, -0.15) is 0 Å². The summed E-state index contributed by atoms with van der Waals surface area (Å²) in [6, 6.07) is 18.0. The molecule has 0 aliphatic heterocycles. The summed E-state index contributed by atoms with van der Waals surface area (Å²) in [5.74, 6) is 2.09. The van der Waals surface area contributed by atoms with E-state index >= 15 is 0 Å². The van der Waals surface area contributed by atoms with Gasteiger partial charge in [0.2, 0.25) is 11.9 Å².